The van der Waals surface area contributed by atoms with Gasteiger partial charge in [-0.3, -0.25) is 4.79 Å². The van der Waals surface area contributed by atoms with Gasteiger partial charge in [0.05, 0.1) is 52.4 Å². The number of quaternary nitrogens is 2. The molecule has 43 heavy (non-hydrogen) atoms. The van der Waals surface area contributed by atoms with Gasteiger partial charge in [-0.05, 0) is 41.6 Å². The van der Waals surface area contributed by atoms with E-state index in [9.17, 15) is 14.7 Å². The molecule has 0 aliphatic carbocycles. The number of amides is 1. The van der Waals surface area contributed by atoms with Crippen LogP contribution in [0.25, 0.3) is 10.8 Å². The molecule has 9 nitrogen and oxygen atoms in total. The highest BCUT2D eigenvalue weighted by Crippen LogP contribution is 2.49. The molecule has 9 heteroatoms. The van der Waals surface area contributed by atoms with Crippen molar-refractivity contribution in [1.82, 2.24) is 4.90 Å². The summed E-state index contributed by atoms with van der Waals surface area (Å²) in [4.78, 5) is 29.9. The molecule has 0 radical (unpaired) electrons. The van der Waals surface area contributed by atoms with E-state index in [4.69, 9.17) is 10.5 Å². The van der Waals surface area contributed by atoms with Crippen LogP contribution < -0.4 is 10.6 Å². The summed E-state index contributed by atoms with van der Waals surface area (Å²) in [6.07, 6.45) is 1.38. The Morgan fingerprint density at radius 3 is 2.47 bits per heavy atom. The molecule has 4 aliphatic heterocycles. The van der Waals surface area contributed by atoms with E-state index in [0.29, 0.717) is 12.2 Å². The number of hydrogen-bond donors (Lipinski definition) is 2. The summed E-state index contributed by atoms with van der Waals surface area (Å²) >= 11 is 0. The summed E-state index contributed by atoms with van der Waals surface area (Å²) in [7, 11) is 6.16. The van der Waals surface area contributed by atoms with Crippen molar-refractivity contribution in [1.29, 1.82) is 0 Å². The molecule has 3 N–H and O–H groups in total. The van der Waals surface area contributed by atoms with Crippen LogP contribution in [-0.4, -0.2) is 117 Å². The topological polar surface area (TPSA) is 96.1 Å². The van der Waals surface area contributed by atoms with Crippen molar-refractivity contribution in [3.8, 4) is 0 Å². The normalized spacial score (nSPS) is 30.6. The van der Waals surface area contributed by atoms with Crippen LogP contribution >= 0.6 is 0 Å². The Labute approximate surface area is 255 Å². The second kappa shape index (κ2) is 11.2. The first-order chi connectivity index (χ1) is 20.5. The third kappa shape index (κ3) is 5.04. The average Bonchev–Trinajstić information content (AvgIpc) is 3.46. The number of rotatable bonds is 10. The molecule has 2 aromatic rings. The molecule has 2 aromatic carbocycles. The molecule has 6 rings (SSSR count). The molecule has 0 aromatic heterocycles. The second-order valence-corrected chi connectivity index (χ2v) is 14.0. The number of fused-ring (bicyclic) bond motifs is 1. The fourth-order valence-corrected chi connectivity index (χ4v) is 8.21. The van der Waals surface area contributed by atoms with Gasteiger partial charge in [-0.2, -0.15) is 0 Å². The number of anilines is 1. The fourth-order valence-electron chi connectivity index (χ4n) is 8.21. The molecule has 3 unspecified atom stereocenters. The van der Waals surface area contributed by atoms with Crippen molar-refractivity contribution < 1.29 is 28.4 Å². The number of ether oxygens (including phenoxy) is 1. The molecule has 0 bridgehead atoms. The van der Waals surface area contributed by atoms with Crippen LogP contribution in [0, 0.1) is 11.8 Å². The zero-order valence-corrected chi connectivity index (χ0v) is 26.5. The maximum Gasteiger partial charge on any atom is 0.354 e. The van der Waals surface area contributed by atoms with Crippen LogP contribution in [0.2, 0.25) is 0 Å². The van der Waals surface area contributed by atoms with Crippen LogP contribution in [0.4, 0.5) is 5.69 Å². The van der Waals surface area contributed by atoms with E-state index in [0.717, 1.165) is 47.0 Å². The number of nitrogens with zero attached hydrogens (tertiary/aromatic N) is 4. The lowest BCUT2D eigenvalue weighted by molar-refractivity contribution is -1.02. The van der Waals surface area contributed by atoms with Crippen LogP contribution in [0.5, 0.6) is 0 Å². The zero-order chi connectivity index (χ0) is 30.7. The number of aliphatic hydroxyl groups excluding tert-OH is 1. The minimum atomic E-state index is -0.758. The van der Waals surface area contributed by atoms with Crippen molar-refractivity contribution in [3.63, 3.8) is 0 Å². The summed E-state index contributed by atoms with van der Waals surface area (Å²) < 4.78 is 7.39. The summed E-state index contributed by atoms with van der Waals surface area (Å²) in [5.74, 6) is -1.21. The lowest BCUT2D eigenvalue weighted by atomic mass is 9.77. The maximum absolute atomic E-state index is 13.0. The Hall–Kier alpha value is -2.98. The number of nitrogens with two attached hydrogens (primary N) is 1. The van der Waals surface area contributed by atoms with Gasteiger partial charge in [0.2, 0.25) is 5.91 Å². The van der Waals surface area contributed by atoms with E-state index in [1.165, 1.54) is 67.4 Å². The number of likely N-dealkylation sites (N-methyl/N-ethyl adjacent to an activating group) is 2. The highest BCUT2D eigenvalue weighted by atomic mass is 16.5. The highest BCUT2D eigenvalue weighted by molar-refractivity contribution is 6.03. The Morgan fingerprint density at radius 2 is 1.81 bits per heavy atom. The summed E-state index contributed by atoms with van der Waals surface area (Å²) in [6, 6.07) is 11.0. The first-order valence-electron chi connectivity index (χ1n) is 16.0. The number of esters is 1. The van der Waals surface area contributed by atoms with E-state index in [1.807, 2.05) is 0 Å². The van der Waals surface area contributed by atoms with Crippen molar-refractivity contribution in [2.75, 3.05) is 78.5 Å². The Bertz CT molecular complexity index is 1460. The number of methoxy groups -OCH3 is 1. The van der Waals surface area contributed by atoms with Gasteiger partial charge in [-0.15, -0.1) is 0 Å². The van der Waals surface area contributed by atoms with Crippen molar-refractivity contribution in [3.05, 3.63) is 52.7 Å². The Kier molecular flexibility index (Phi) is 7.82. The zero-order valence-electron chi connectivity index (χ0n) is 26.5. The average molecular weight is 592 g/mol. The van der Waals surface area contributed by atoms with Crippen molar-refractivity contribution in [2.24, 2.45) is 17.6 Å². The smallest absolute Gasteiger partial charge is 0.354 e. The molecule has 4 heterocycles. The highest BCUT2D eigenvalue weighted by Gasteiger charge is 2.60. The number of aliphatic hydroxyl groups is 1. The van der Waals surface area contributed by atoms with Gasteiger partial charge >= 0.3 is 5.97 Å². The monoisotopic (exact) mass is 591 g/mol. The van der Waals surface area contributed by atoms with Gasteiger partial charge in [0.25, 0.3) is 0 Å². The lowest BCUT2D eigenvalue weighted by Gasteiger charge is -2.46. The van der Waals surface area contributed by atoms with Crippen LogP contribution in [0.15, 0.2) is 41.6 Å². The SMILES string of the molecule is COC(=O)C1=C(CN2Cc3ccc(CC[N+]4(C)CC[N+](C)(CCCN)CC4)c4cccc2c34)[C@H](C)C2C(C(C)O)C(=O)N12. The summed E-state index contributed by atoms with van der Waals surface area (Å²) in [5.41, 5.74) is 10.9. The quantitative estimate of drug-likeness (QED) is 0.250. The van der Waals surface area contributed by atoms with E-state index in [2.05, 4.69) is 56.3 Å². The molecule has 4 atom stereocenters. The van der Waals surface area contributed by atoms with E-state index in [1.54, 1.807) is 11.8 Å². The van der Waals surface area contributed by atoms with Crippen LogP contribution in [-0.2, 0) is 27.3 Å². The van der Waals surface area contributed by atoms with E-state index >= 15 is 0 Å². The first-order valence-corrected chi connectivity index (χ1v) is 16.0. The second-order valence-electron chi connectivity index (χ2n) is 14.0. The Balaban J connectivity index is 1.22. The van der Waals surface area contributed by atoms with Crippen molar-refractivity contribution >= 4 is 28.3 Å². The summed E-state index contributed by atoms with van der Waals surface area (Å²) in [5, 5.41) is 12.9. The lowest BCUT2D eigenvalue weighted by Crippen LogP contribution is -2.64. The molecule has 1 amide bonds. The molecule has 0 spiro atoms. The summed E-state index contributed by atoms with van der Waals surface area (Å²) in [6.45, 7) is 12.9. The van der Waals surface area contributed by atoms with Gasteiger partial charge in [-0.25, -0.2) is 4.79 Å². The standard InChI is InChI=1S/C34H49N5O4/c1-22-27(32(34(42)43-5)37-31(22)29(23(2)40)33(37)41)21-36-20-25-11-10-24(26-8-6-9-28(36)30(25)26)12-15-39(4)18-16-38(3,17-19-39)14-7-13-35/h6,8-11,22-23,29,31,40H,7,12-21,35H2,1-5H3/q+2/t22-,23?,29?,31?,38?,39?/m0/s1. The number of carbonyl (C=O) groups excluding carboxylic acids is 2. The molecule has 0 saturated carbocycles. The van der Waals surface area contributed by atoms with Gasteiger partial charge in [-0.1, -0.05) is 31.2 Å². The van der Waals surface area contributed by atoms with Gasteiger partial charge in [0, 0.05) is 42.9 Å². The van der Waals surface area contributed by atoms with Crippen LogP contribution in [0.3, 0.4) is 0 Å². The Morgan fingerprint density at radius 1 is 1.12 bits per heavy atom. The molecular weight excluding hydrogens is 542 g/mol. The van der Waals surface area contributed by atoms with Gasteiger partial charge in [0.1, 0.15) is 31.9 Å². The number of piperazine rings is 1. The number of β-lactam (4-membered cyclic amide) rings is 1. The molecule has 4 aliphatic rings. The molecule has 2 saturated heterocycles. The number of hydrogen-bond acceptors (Lipinski definition) is 6. The van der Waals surface area contributed by atoms with E-state index in [-0.39, 0.29) is 17.9 Å². The third-order valence-electron chi connectivity index (χ3n) is 11.1. The fraction of sp³-hybridized carbons (Fsp3) is 0.588. The maximum atomic E-state index is 13.0. The molecule has 232 valence electrons. The number of benzene rings is 2. The van der Waals surface area contributed by atoms with Crippen molar-refractivity contribution in [2.45, 2.75) is 45.4 Å². The van der Waals surface area contributed by atoms with Gasteiger partial charge in [0.15, 0.2) is 0 Å². The predicted molar refractivity (Wildman–Crippen MR) is 168 cm³/mol. The first kappa shape index (κ1) is 30.1. The molecular formula is C34H49N5O4+2. The minimum Gasteiger partial charge on any atom is -0.464 e. The third-order valence-corrected chi connectivity index (χ3v) is 11.1. The molecule has 2 fully saturated rings. The predicted octanol–water partition coefficient (Wildman–Crippen LogP) is 2.24. The number of carbonyl (C=O) groups is 2. The van der Waals surface area contributed by atoms with E-state index < -0.39 is 18.0 Å². The van der Waals surface area contributed by atoms with Gasteiger partial charge < -0.3 is 34.3 Å². The largest absolute Gasteiger partial charge is 0.464 e. The minimum absolute atomic E-state index is 0.0466. The van der Waals surface area contributed by atoms with Crippen LogP contribution in [0.1, 0.15) is 31.4 Å².